The Bertz CT molecular complexity index is 943. The topological polar surface area (TPSA) is 113 Å². The van der Waals surface area contributed by atoms with Crippen molar-refractivity contribution in [3.8, 4) is 0 Å². The number of aliphatic hydroxyl groups is 1. The fraction of sp³-hybridized carbons (Fsp3) is 0.846. The number of epoxide rings is 1. The first kappa shape index (κ1) is 23.7. The van der Waals surface area contributed by atoms with Crippen LogP contribution in [0.25, 0.3) is 0 Å². The van der Waals surface area contributed by atoms with Crippen LogP contribution in [-0.4, -0.2) is 66.2 Å². The zero-order valence-electron chi connectivity index (χ0n) is 21.0. The van der Waals surface area contributed by atoms with Gasteiger partial charge in [0.15, 0.2) is 0 Å². The normalized spacial score (nSPS) is 53.3. The lowest BCUT2D eigenvalue weighted by Gasteiger charge is -2.69. The predicted octanol–water partition coefficient (Wildman–Crippen LogP) is 2.30. The minimum absolute atomic E-state index is 0.115. The molecule has 0 aromatic rings. The van der Waals surface area contributed by atoms with E-state index in [1.165, 1.54) is 6.92 Å². The minimum atomic E-state index is -1.06. The number of hydrogen-bond acceptors (Lipinski definition) is 9. The van der Waals surface area contributed by atoms with Crippen LogP contribution in [-0.2, 0) is 38.0 Å². The zero-order valence-corrected chi connectivity index (χ0v) is 21.0. The molecule has 9 nitrogen and oxygen atoms in total. The predicted molar refractivity (Wildman–Crippen MR) is 119 cm³/mol. The second-order valence-electron chi connectivity index (χ2n) is 11.9. The molecule has 6 fully saturated rings. The van der Waals surface area contributed by atoms with Crippen molar-refractivity contribution >= 4 is 11.9 Å². The standard InChI is InChI=1S/C26H36O9/c1-12(2)21(29)35-23-26-17(10-16(33-23)20(28)25(26)11-31-25)24(5,13(3)8-19(26)32-14(4)27)18-9-15-6-7-30-22(15)34-18/h6-7,12-13,15-20,22-23,28H,8-11H2,1-5H3/t13-,15-,16-,17-,18+,19+,20+,22+,23-,24+,25-,26+/m1/s1. The van der Waals surface area contributed by atoms with Crippen LogP contribution in [0.5, 0.6) is 0 Å². The number of carbonyl (C=O) groups excluding carboxylic acids is 2. The third-order valence-electron chi connectivity index (χ3n) is 10.0. The highest BCUT2D eigenvalue weighted by molar-refractivity contribution is 5.72. The van der Waals surface area contributed by atoms with Gasteiger partial charge in [-0.1, -0.05) is 27.7 Å². The lowest BCUT2D eigenvalue weighted by molar-refractivity contribution is -0.396. The average Bonchev–Trinajstić information content (AvgIpc) is 3.28. The number of aliphatic hydroxyl groups excluding tert-OH is 1. The summed E-state index contributed by atoms with van der Waals surface area (Å²) in [6.07, 6.45) is 2.09. The van der Waals surface area contributed by atoms with Crippen LogP contribution < -0.4 is 0 Å². The Morgan fingerprint density at radius 1 is 1.14 bits per heavy atom. The van der Waals surface area contributed by atoms with Crippen molar-refractivity contribution in [1.82, 2.24) is 0 Å². The molecule has 0 aromatic heterocycles. The Morgan fingerprint density at radius 3 is 2.51 bits per heavy atom. The number of rotatable bonds is 4. The Labute approximate surface area is 205 Å². The Balaban J connectivity index is 1.48. The van der Waals surface area contributed by atoms with Crippen molar-refractivity contribution < 1.29 is 43.1 Å². The van der Waals surface area contributed by atoms with Gasteiger partial charge >= 0.3 is 11.9 Å². The summed E-state index contributed by atoms with van der Waals surface area (Å²) in [6, 6.07) is 0. The van der Waals surface area contributed by atoms with Gasteiger partial charge in [0.25, 0.3) is 0 Å². The maximum Gasteiger partial charge on any atom is 0.310 e. The summed E-state index contributed by atoms with van der Waals surface area (Å²) >= 11 is 0. The van der Waals surface area contributed by atoms with Crippen LogP contribution in [0.1, 0.15) is 53.9 Å². The van der Waals surface area contributed by atoms with E-state index in [1.807, 2.05) is 0 Å². The van der Waals surface area contributed by atoms with E-state index >= 15 is 0 Å². The van der Waals surface area contributed by atoms with Gasteiger partial charge in [-0.25, -0.2) is 0 Å². The molecule has 1 N–H and O–H groups in total. The summed E-state index contributed by atoms with van der Waals surface area (Å²) in [4.78, 5) is 25.2. The minimum Gasteiger partial charge on any atom is -0.472 e. The molecule has 0 amide bonds. The molecule has 4 saturated heterocycles. The second kappa shape index (κ2) is 7.66. The Hall–Kier alpha value is -1.68. The summed E-state index contributed by atoms with van der Waals surface area (Å²) in [5, 5.41) is 11.4. The SMILES string of the molecule is CC(=O)O[C@H]1C[C@@H](C)[C@](C)([C@@H]2C[C@H]3C=CO[C@H]3O2)[C@H]2C[C@H]3O[C@H](OC(=O)C(C)C)[C@@]12[C@@]1(CO1)[C@H]3O. The molecule has 0 unspecified atom stereocenters. The molecule has 2 spiro atoms. The van der Waals surface area contributed by atoms with Crippen LogP contribution in [0.15, 0.2) is 12.3 Å². The summed E-state index contributed by atoms with van der Waals surface area (Å²) in [7, 11) is 0. The Morgan fingerprint density at radius 2 is 1.89 bits per heavy atom. The smallest absolute Gasteiger partial charge is 0.310 e. The molecule has 0 radical (unpaired) electrons. The molecule has 2 aliphatic carbocycles. The van der Waals surface area contributed by atoms with Gasteiger partial charge in [0.2, 0.25) is 12.6 Å². The maximum absolute atomic E-state index is 12.9. The van der Waals surface area contributed by atoms with E-state index in [0.717, 1.165) is 6.42 Å². The fourth-order valence-corrected chi connectivity index (χ4v) is 8.06. The maximum atomic E-state index is 12.9. The number of carbonyl (C=O) groups is 2. The monoisotopic (exact) mass is 492 g/mol. The quantitative estimate of drug-likeness (QED) is 0.466. The fourth-order valence-electron chi connectivity index (χ4n) is 8.06. The highest BCUT2D eigenvalue weighted by Crippen LogP contribution is 2.74. The first-order valence-corrected chi connectivity index (χ1v) is 12.9. The van der Waals surface area contributed by atoms with E-state index < -0.39 is 47.6 Å². The van der Waals surface area contributed by atoms with E-state index in [9.17, 15) is 14.7 Å². The van der Waals surface area contributed by atoms with Gasteiger partial charge < -0.3 is 33.5 Å². The van der Waals surface area contributed by atoms with E-state index in [1.54, 1.807) is 20.1 Å². The zero-order chi connectivity index (χ0) is 24.9. The van der Waals surface area contributed by atoms with Crippen molar-refractivity contribution in [2.45, 2.75) is 96.5 Å². The van der Waals surface area contributed by atoms with Gasteiger partial charge in [-0.15, -0.1) is 0 Å². The van der Waals surface area contributed by atoms with Crippen LogP contribution in [0.4, 0.5) is 0 Å². The van der Waals surface area contributed by atoms with Gasteiger partial charge in [-0.2, -0.15) is 0 Å². The molecule has 7 rings (SSSR count). The lowest BCUT2D eigenvalue weighted by Crippen LogP contribution is -2.80. The lowest BCUT2D eigenvalue weighted by atomic mass is 9.40. The van der Waals surface area contributed by atoms with Crippen molar-refractivity contribution in [3.05, 3.63) is 12.3 Å². The van der Waals surface area contributed by atoms with Crippen molar-refractivity contribution in [3.63, 3.8) is 0 Å². The molecule has 0 aromatic carbocycles. The van der Waals surface area contributed by atoms with Gasteiger partial charge in [0, 0.05) is 18.3 Å². The van der Waals surface area contributed by atoms with Crippen LogP contribution in [0.2, 0.25) is 0 Å². The second-order valence-corrected chi connectivity index (χ2v) is 11.9. The summed E-state index contributed by atoms with van der Waals surface area (Å²) in [5.41, 5.74) is -2.45. The number of esters is 2. The summed E-state index contributed by atoms with van der Waals surface area (Å²) < 4.78 is 36.6. The van der Waals surface area contributed by atoms with Gasteiger partial charge in [0.05, 0.1) is 31.0 Å². The Kier molecular flexibility index (Phi) is 5.19. The van der Waals surface area contributed by atoms with Crippen LogP contribution in [0.3, 0.4) is 0 Å². The van der Waals surface area contributed by atoms with E-state index in [-0.39, 0.29) is 41.5 Å². The number of hydrogen-bond donors (Lipinski definition) is 1. The molecule has 5 aliphatic heterocycles. The average molecular weight is 493 g/mol. The largest absolute Gasteiger partial charge is 0.472 e. The highest BCUT2D eigenvalue weighted by atomic mass is 16.7. The first-order chi connectivity index (χ1) is 16.6. The molecule has 7 aliphatic rings. The first-order valence-electron chi connectivity index (χ1n) is 12.9. The van der Waals surface area contributed by atoms with E-state index in [0.29, 0.717) is 19.4 Å². The molecule has 194 valence electrons. The van der Waals surface area contributed by atoms with Crippen molar-refractivity contribution in [2.75, 3.05) is 6.61 Å². The number of fused-ring (bicyclic) bond motifs is 2. The summed E-state index contributed by atoms with van der Waals surface area (Å²) in [5.74, 6) is -1.02. The van der Waals surface area contributed by atoms with Crippen molar-refractivity contribution in [2.24, 2.45) is 34.5 Å². The van der Waals surface area contributed by atoms with E-state index in [2.05, 4.69) is 19.9 Å². The third kappa shape index (κ3) is 2.95. The highest BCUT2D eigenvalue weighted by Gasteiger charge is 2.86. The molecule has 9 heteroatoms. The molecule has 12 atom stereocenters. The van der Waals surface area contributed by atoms with E-state index in [4.69, 9.17) is 28.4 Å². The molecule has 5 heterocycles. The molecular weight excluding hydrogens is 456 g/mol. The van der Waals surface area contributed by atoms with Gasteiger partial charge in [-0.3, -0.25) is 9.59 Å². The third-order valence-corrected chi connectivity index (χ3v) is 10.0. The van der Waals surface area contributed by atoms with Gasteiger partial charge in [-0.05, 0) is 37.2 Å². The van der Waals surface area contributed by atoms with Crippen LogP contribution in [0, 0.1) is 34.5 Å². The number of ether oxygens (including phenoxy) is 6. The van der Waals surface area contributed by atoms with Crippen LogP contribution >= 0.6 is 0 Å². The molecular formula is C26H36O9. The summed E-state index contributed by atoms with van der Waals surface area (Å²) in [6.45, 7) is 9.63. The van der Waals surface area contributed by atoms with Gasteiger partial charge in [0.1, 0.15) is 23.2 Å². The van der Waals surface area contributed by atoms with Crippen molar-refractivity contribution in [1.29, 1.82) is 0 Å². The molecule has 35 heavy (non-hydrogen) atoms. The molecule has 2 bridgehead atoms. The molecule has 2 saturated carbocycles.